The van der Waals surface area contributed by atoms with Crippen molar-refractivity contribution in [1.29, 1.82) is 0 Å². The molecular weight excluding hydrogens is 372 g/mol. The van der Waals surface area contributed by atoms with Gasteiger partial charge in [0.05, 0.1) is 19.8 Å². The average molecular weight is 396 g/mol. The zero-order chi connectivity index (χ0) is 21.0. The third-order valence-corrected chi connectivity index (χ3v) is 5.04. The van der Waals surface area contributed by atoms with Crippen LogP contribution in [0.3, 0.4) is 0 Å². The third-order valence-electron chi connectivity index (χ3n) is 5.04. The lowest BCUT2D eigenvalue weighted by Gasteiger charge is -2.35. The average Bonchev–Trinajstić information content (AvgIpc) is 2.78. The van der Waals surface area contributed by atoms with Gasteiger partial charge in [0.1, 0.15) is 5.75 Å². The summed E-state index contributed by atoms with van der Waals surface area (Å²) >= 11 is 0. The van der Waals surface area contributed by atoms with E-state index in [1.807, 2.05) is 13.0 Å². The molecule has 29 heavy (non-hydrogen) atoms. The monoisotopic (exact) mass is 396 g/mol. The maximum Gasteiger partial charge on any atom is 0.337 e. The van der Waals surface area contributed by atoms with Gasteiger partial charge < -0.3 is 19.3 Å². The number of hydrogen-bond acceptors (Lipinski definition) is 5. The summed E-state index contributed by atoms with van der Waals surface area (Å²) in [6.45, 7) is 3.66. The van der Waals surface area contributed by atoms with Crippen LogP contribution in [-0.4, -0.2) is 68.0 Å². The fourth-order valence-electron chi connectivity index (χ4n) is 3.33. The third kappa shape index (κ3) is 4.39. The number of hydrogen-bond donors (Lipinski definition) is 0. The summed E-state index contributed by atoms with van der Waals surface area (Å²) in [5.41, 5.74) is 2.29. The minimum absolute atomic E-state index is 0.0805. The number of rotatable bonds is 4. The first-order valence-electron chi connectivity index (χ1n) is 9.36. The maximum absolute atomic E-state index is 12.8. The number of nitrogens with zero attached hydrogens (tertiary/aromatic N) is 2. The number of methoxy groups -OCH3 is 2. The highest BCUT2D eigenvalue weighted by Crippen LogP contribution is 2.21. The van der Waals surface area contributed by atoms with Gasteiger partial charge in [0, 0.05) is 37.3 Å². The molecule has 7 heteroatoms. The van der Waals surface area contributed by atoms with Gasteiger partial charge in [-0.1, -0.05) is 12.1 Å². The molecule has 0 N–H and O–H groups in total. The van der Waals surface area contributed by atoms with Gasteiger partial charge in [-0.25, -0.2) is 4.79 Å². The highest BCUT2D eigenvalue weighted by atomic mass is 16.5. The fourth-order valence-corrected chi connectivity index (χ4v) is 3.33. The van der Waals surface area contributed by atoms with E-state index < -0.39 is 5.97 Å². The van der Waals surface area contributed by atoms with Crippen molar-refractivity contribution < 1.29 is 23.9 Å². The molecule has 0 aromatic heterocycles. The number of carbonyl (C=O) groups excluding carboxylic acids is 3. The lowest BCUT2D eigenvalue weighted by Crippen LogP contribution is -2.50. The van der Waals surface area contributed by atoms with E-state index in [4.69, 9.17) is 9.47 Å². The topological polar surface area (TPSA) is 76.2 Å². The molecule has 7 nitrogen and oxygen atoms in total. The van der Waals surface area contributed by atoms with E-state index >= 15 is 0 Å². The Bertz CT molecular complexity index is 933. The summed E-state index contributed by atoms with van der Waals surface area (Å²) < 4.78 is 10.0. The molecule has 0 radical (unpaired) electrons. The van der Waals surface area contributed by atoms with Crippen LogP contribution < -0.4 is 4.74 Å². The van der Waals surface area contributed by atoms with Gasteiger partial charge in [-0.15, -0.1) is 0 Å². The van der Waals surface area contributed by atoms with Crippen LogP contribution in [0.4, 0.5) is 0 Å². The van der Waals surface area contributed by atoms with Crippen molar-refractivity contribution in [1.82, 2.24) is 9.80 Å². The molecule has 1 aliphatic heterocycles. The van der Waals surface area contributed by atoms with Crippen molar-refractivity contribution in [3.05, 3.63) is 64.7 Å². The molecule has 3 rings (SSSR count). The Balaban J connectivity index is 1.65. The van der Waals surface area contributed by atoms with Gasteiger partial charge in [-0.2, -0.15) is 0 Å². The Labute approximate surface area is 169 Å². The van der Waals surface area contributed by atoms with Crippen molar-refractivity contribution >= 4 is 17.8 Å². The molecule has 2 aromatic carbocycles. The van der Waals surface area contributed by atoms with Gasteiger partial charge in [0.25, 0.3) is 11.8 Å². The van der Waals surface area contributed by atoms with E-state index in [1.54, 1.807) is 47.2 Å². The normalized spacial score (nSPS) is 13.8. The van der Waals surface area contributed by atoms with Gasteiger partial charge in [0.2, 0.25) is 0 Å². The van der Waals surface area contributed by atoms with Crippen LogP contribution in [-0.2, 0) is 4.74 Å². The lowest BCUT2D eigenvalue weighted by atomic mass is 10.1. The second-order valence-electron chi connectivity index (χ2n) is 6.84. The summed E-state index contributed by atoms with van der Waals surface area (Å²) in [7, 11) is 2.88. The molecule has 152 valence electrons. The quantitative estimate of drug-likeness (QED) is 0.742. The second kappa shape index (κ2) is 8.77. The summed E-state index contributed by atoms with van der Waals surface area (Å²) in [5.74, 6) is -0.0540. The lowest BCUT2D eigenvalue weighted by molar-refractivity contribution is 0.0534. The summed E-state index contributed by atoms with van der Waals surface area (Å²) in [4.78, 5) is 40.7. The van der Waals surface area contributed by atoms with Crippen LogP contribution in [0.1, 0.15) is 36.6 Å². The Kier molecular flexibility index (Phi) is 6.16. The van der Waals surface area contributed by atoms with Gasteiger partial charge in [-0.3, -0.25) is 9.59 Å². The van der Waals surface area contributed by atoms with Crippen LogP contribution in [0, 0.1) is 6.92 Å². The standard InChI is InChI=1S/C22H24N2O5/c1-15-7-8-17(14-19(15)28-2)21(26)24-11-9-23(10-12-24)20(25)16-5-4-6-18(13-16)22(27)29-3/h4-8,13-14H,9-12H2,1-3H3. The largest absolute Gasteiger partial charge is 0.496 e. The molecule has 0 saturated carbocycles. The number of piperazine rings is 1. The molecule has 2 aromatic rings. The molecule has 1 aliphatic rings. The van der Waals surface area contributed by atoms with Crippen LogP contribution in [0.15, 0.2) is 42.5 Å². The van der Waals surface area contributed by atoms with Crippen LogP contribution in [0.2, 0.25) is 0 Å². The molecule has 0 unspecified atom stereocenters. The smallest absolute Gasteiger partial charge is 0.337 e. The van der Waals surface area contributed by atoms with Crippen molar-refractivity contribution in [3.8, 4) is 5.75 Å². The molecule has 0 spiro atoms. The van der Waals surface area contributed by atoms with E-state index in [9.17, 15) is 14.4 Å². The van der Waals surface area contributed by atoms with Crippen molar-refractivity contribution in [3.63, 3.8) is 0 Å². The SMILES string of the molecule is COC(=O)c1cccc(C(=O)N2CCN(C(=O)c3ccc(C)c(OC)c3)CC2)c1. The molecule has 0 bridgehead atoms. The van der Waals surface area contributed by atoms with E-state index in [0.717, 1.165) is 5.56 Å². The van der Waals surface area contributed by atoms with Crippen LogP contribution in [0.5, 0.6) is 5.75 Å². The summed E-state index contributed by atoms with van der Waals surface area (Å²) in [6, 6.07) is 11.9. The number of benzene rings is 2. The second-order valence-corrected chi connectivity index (χ2v) is 6.84. The number of amides is 2. The van der Waals surface area contributed by atoms with Gasteiger partial charge in [-0.05, 0) is 42.8 Å². The minimum atomic E-state index is -0.483. The Morgan fingerprint density at radius 1 is 0.793 bits per heavy atom. The highest BCUT2D eigenvalue weighted by Gasteiger charge is 2.26. The van der Waals surface area contributed by atoms with Crippen molar-refractivity contribution in [2.75, 3.05) is 40.4 Å². The summed E-state index contributed by atoms with van der Waals surface area (Å²) in [6.07, 6.45) is 0. The van der Waals surface area contributed by atoms with E-state index in [1.165, 1.54) is 13.2 Å². The van der Waals surface area contributed by atoms with E-state index in [0.29, 0.717) is 48.6 Å². The van der Waals surface area contributed by atoms with Gasteiger partial charge in [0.15, 0.2) is 0 Å². The minimum Gasteiger partial charge on any atom is -0.496 e. The molecule has 2 amide bonds. The van der Waals surface area contributed by atoms with E-state index in [-0.39, 0.29) is 11.8 Å². The number of ether oxygens (including phenoxy) is 2. The fraction of sp³-hybridized carbons (Fsp3) is 0.318. The molecule has 1 fully saturated rings. The van der Waals surface area contributed by atoms with Crippen molar-refractivity contribution in [2.45, 2.75) is 6.92 Å². The molecule has 0 aliphatic carbocycles. The Morgan fingerprint density at radius 2 is 1.34 bits per heavy atom. The first kappa shape index (κ1) is 20.4. The Morgan fingerprint density at radius 3 is 1.90 bits per heavy atom. The zero-order valence-electron chi connectivity index (χ0n) is 16.8. The van der Waals surface area contributed by atoms with Crippen molar-refractivity contribution in [2.24, 2.45) is 0 Å². The maximum atomic E-state index is 12.8. The Hall–Kier alpha value is -3.35. The predicted molar refractivity (Wildman–Crippen MR) is 107 cm³/mol. The number of esters is 1. The molecule has 0 atom stereocenters. The highest BCUT2D eigenvalue weighted by molar-refractivity contribution is 5.98. The molecule has 1 heterocycles. The number of aryl methyl sites for hydroxylation is 1. The van der Waals surface area contributed by atoms with Crippen LogP contribution >= 0.6 is 0 Å². The van der Waals surface area contributed by atoms with Crippen LogP contribution in [0.25, 0.3) is 0 Å². The number of carbonyl (C=O) groups is 3. The predicted octanol–water partition coefficient (Wildman–Crippen LogP) is 2.39. The van der Waals surface area contributed by atoms with E-state index in [2.05, 4.69) is 0 Å². The zero-order valence-corrected chi connectivity index (χ0v) is 16.8. The van der Waals surface area contributed by atoms with Gasteiger partial charge >= 0.3 is 5.97 Å². The molecule has 1 saturated heterocycles. The molecular formula is C22H24N2O5. The first-order chi connectivity index (χ1) is 13.9. The first-order valence-corrected chi connectivity index (χ1v) is 9.36. The summed E-state index contributed by atoms with van der Waals surface area (Å²) in [5, 5.41) is 0.